The maximum atomic E-state index is 3.90. The summed E-state index contributed by atoms with van der Waals surface area (Å²) in [4.78, 5) is 2.40. The Morgan fingerprint density at radius 1 is 0.511 bits per heavy atom. The van der Waals surface area contributed by atoms with Crippen LogP contribution in [-0.4, -0.2) is 16.5 Å². The molecular formula is C43H38N4. The first-order valence-electron chi connectivity index (χ1n) is 16.6. The van der Waals surface area contributed by atoms with Gasteiger partial charge in [0, 0.05) is 21.9 Å². The largest absolute Gasteiger partial charge is 0.309 e. The molecule has 6 aromatic carbocycles. The van der Waals surface area contributed by atoms with Crippen LogP contribution in [0.4, 0.5) is 0 Å². The van der Waals surface area contributed by atoms with Crippen molar-refractivity contribution in [1.82, 2.24) is 20.1 Å². The lowest BCUT2D eigenvalue weighted by Gasteiger charge is -2.45. The number of rotatable bonds is 4. The molecule has 2 N–H and O–H groups in total. The third kappa shape index (κ3) is 4.40. The first-order chi connectivity index (χ1) is 23.0. The second-order valence-corrected chi connectivity index (χ2v) is 13.6. The molecule has 47 heavy (non-hydrogen) atoms. The predicted molar refractivity (Wildman–Crippen MR) is 193 cm³/mol. The molecule has 0 radical (unpaired) electrons. The number of aromatic nitrogens is 1. The van der Waals surface area contributed by atoms with Gasteiger partial charge in [0.15, 0.2) is 0 Å². The molecule has 230 valence electrons. The van der Waals surface area contributed by atoms with E-state index in [2.05, 4.69) is 187 Å². The van der Waals surface area contributed by atoms with E-state index in [1.165, 1.54) is 66.4 Å². The van der Waals surface area contributed by atoms with E-state index >= 15 is 0 Å². The summed E-state index contributed by atoms with van der Waals surface area (Å²) in [6.45, 7) is 4.72. The van der Waals surface area contributed by atoms with Gasteiger partial charge in [0.05, 0.1) is 29.5 Å². The second kappa shape index (κ2) is 10.8. The summed E-state index contributed by atoms with van der Waals surface area (Å²) in [5.41, 5.74) is 12.8. The highest BCUT2D eigenvalue weighted by atomic mass is 15.4. The first kappa shape index (κ1) is 28.2. The molecule has 0 bridgehead atoms. The van der Waals surface area contributed by atoms with Crippen LogP contribution in [0.1, 0.15) is 60.2 Å². The summed E-state index contributed by atoms with van der Waals surface area (Å²) >= 11 is 0. The highest BCUT2D eigenvalue weighted by molar-refractivity contribution is 6.11. The minimum atomic E-state index is -0.0544. The molecule has 2 aliphatic rings. The van der Waals surface area contributed by atoms with Crippen molar-refractivity contribution in [3.63, 3.8) is 0 Å². The average molecular weight is 611 g/mol. The Morgan fingerprint density at radius 2 is 1.11 bits per heavy atom. The van der Waals surface area contributed by atoms with Crippen LogP contribution in [0.5, 0.6) is 0 Å². The Hall–Kier alpha value is -5.00. The fraction of sp³-hybridized carbons (Fsp3) is 0.163. The van der Waals surface area contributed by atoms with E-state index in [0.29, 0.717) is 0 Å². The molecule has 4 nitrogen and oxygen atoms in total. The standard InChI is InChI=1S/C43H38N4/c1-43(2)36-20-12-10-18-32(36)34-26-35-33-19-11-13-21-38(33)47(39(35)27-37(34)43)31-24-22-30(23-25-31)42-45-40(28-14-6-4-7-15-28)44-41(46(42)3)29-16-8-5-9-17-29/h4-27,40-42,44-45H,1-3H3. The van der Waals surface area contributed by atoms with Gasteiger partial charge in [0.2, 0.25) is 0 Å². The van der Waals surface area contributed by atoms with E-state index < -0.39 is 0 Å². The molecule has 0 saturated carbocycles. The molecule has 1 aliphatic carbocycles. The first-order valence-corrected chi connectivity index (χ1v) is 16.6. The minimum absolute atomic E-state index is 0.00851. The molecule has 0 spiro atoms. The topological polar surface area (TPSA) is 32.2 Å². The van der Waals surface area contributed by atoms with Gasteiger partial charge in [0.25, 0.3) is 0 Å². The van der Waals surface area contributed by atoms with Gasteiger partial charge in [0.1, 0.15) is 0 Å². The molecule has 1 aliphatic heterocycles. The van der Waals surface area contributed by atoms with Gasteiger partial charge in [-0.05, 0) is 76.3 Å². The summed E-state index contributed by atoms with van der Waals surface area (Å²) in [6.07, 6.45) is 0.0786. The van der Waals surface area contributed by atoms with Crippen LogP contribution in [0.15, 0.2) is 146 Å². The molecule has 1 aromatic heterocycles. The van der Waals surface area contributed by atoms with Gasteiger partial charge in [-0.2, -0.15) is 0 Å². The zero-order chi connectivity index (χ0) is 31.7. The number of benzene rings is 6. The lowest BCUT2D eigenvalue weighted by Crippen LogP contribution is -2.54. The molecule has 7 aromatic rings. The highest BCUT2D eigenvalue weighted by Crippen LogP contribution is 2.51. The Morgan fingerprint density at radius 3 is 1.83 bits per heavy atom. The number of fused-ring (bicyclic) bond motifs is 6. The summed E-state index contributed by atoms with van der Waals surface area (Å²) in [5, 5.41) is 10.3. The maximum absolute atomic E-state index is 3.90. The van der Waals surface area contributed by atoms with Crippen molar-refractivity contribution >= 4 is 21.8 Å². The molecular weight excluding hydrogens is 573 g/mol. The van der Waals surface area contributed by atoms with E-state index in [1.54, 1.807) is 0 Å². The van der Waals surface area contributed by atoms with Crippen molar-refractivity contribution < 1.29 is 0 Å². The van der Waals surface area contributed by atoms with Crippen molar-refractivity contribution in [3.8, 4) is 16.8 Å². The molecule has 1 fully saturated rings. The van der Waals surface area contributed by atoms with Gasteiger partial charge in [-0.15, -0.1) is 0 Å². The van der Waals surface area contributed by atoms with Crippen LogP contribution in [0, 0.1) is 0 Å². The summed E-state index contributed by atoms with van der Waals surface area (Å²) in [7, 11) is 2.20. The van der Waals surface area contributed by atoms with Crippen molar-refractivity contribution in [2.45, 2.75) is 37.8 Å². The Kier molecular flexibility index (Phi) is 6.48. The van der Waals surface area contributed by atoms with Crippen LogP contribution < -0.4 is 10.6 Å². The quantitative estimate of drug-likeness (QED) is 0.208. The van der Waals surface area contributed by atoms with Crippen LogP contribution in [0.2, 0.25) is 0 Å². The number of nitrogens with zero attached hydrogens (tertiary/aromatic N) is 2. The van der Waals surface area contributed by atoms with Gasteiger partial charge in [-0.3, -0.25) is 15.5 Å². The van der Waals surface area contributed by atoms with E-state index in [0.717, 1.165) is 0 Å². The third-order valence-corrected chi connectivity index (χ3v) is 10.6. The van der Waals surface area contributed by atoms with Gasteiger partial charge in [-0.1, -0.05) is 129 Å². The van der Waals surface area contributed by atoms with Crippen molar-refractivity contribution in [2.24, 2.45) is 0 Å². The lowest BCUT2D eigenvalue weighted by molar-refractivity contribution is 0.0416. The van der Waals surface area contributed by atoms with Crippen molar-refractivity contribution in [3.05, 3.63) is 173 Å². The van der Waals surface area contributed by atoms with Crippen molar-refractivity contribution in [2.75, 3.05) is 7.05 Å². The summed E-state index contributed by atoms with van der Waals surface area (Å²) < 4.78 is 2.45. The van der Waals surface area contributed by atoms with Crippen LogP contribution >= 0.6 is 0 Å². The smallest absolute Gasteiger partial charge is 0.0887 e. The fourth-order valence-corrected chi connectivity index (χ4v) is 8.13. The number of hydrogen-bond donors (Lipinski definition) is 2. The minimum Gasteiger partial charge on any atom is -0.309 e. The Balaban J connectivity index is 1.15. The number of nitrogens with one attached hydrogen (secondary N) is 2. The number of hydrogen-bond acceptors (Lipinski definition) is 3. The summed E-state index contributed by atoms with van der Waals surface area (Å²) in [6, 6.07) is 53.2. The molecule has 1 saturated heterocycles. The summed E-state index contributed by atoms with van der Waals surface area (Å²) in [5.74, 6) is 0. The van der Waals surface area contributed by atoms with Crippen LogP contribution in [0.25, 0.3) is 38.6 Å². The lowest BCUT2D eigenvalue weighted by atomic mass is 9.82. The van der Waals surface area contributed by atoms with Gasteiger partial charge < -0.3 is 4.57 Å². The molecule has 3 unspecified atom stereocenters. The molecule has 2 heterocycles. The normalized spacial score (nSPS) is 20.4. The van der Waals surface area contributed by atoms with Crippen LogP contribution in [0.3, 0.4) is 0 Å². The fourth-order valence-electron chi connectivity index (χ4n) is 8.13. The zero-order valence-electron chi connectivity index (χ0n) is 27.0. The zero-order valence-corrected chi connectivity index (χ0v) is 27.0. The highest BCUT2D eigenvalue weighted by Gasteiger charge is 2.37. The monoisotopic (exact) mass is 610 g/mol. The third-order valence-electron chi connectivity index (χ3n) is 10.6. The van der Waals surface area contributed by atoms with Crippen LogP contribution in [-0.2, 0) is 5.41 Å². The second-order valence-electron chi connectivity index (χ2n) is 13.6. The van der Waals surface area contributed by atoms with Gasteiger partial charge >= 0.3 is 0 Å². The number of para-hydroxylation sites is 1. The molecule has 0 amide bonds. The Bertz CT molecular complexity index is 2250. The Labute approximate surface area is 276 Å². The molecule has 4 heteroatoms. The van der Waals surface area contributed by atoms with E-state index in [4.69, 9.17) is 0 Å². The van der Waals surface area contributed by atoms with E-state index in [-0.39, 0.29) is 23.9 Å². The van der Waals surface area contributed by atoms with E-state index in [9.17, 15) is 0 Å². The molecule has 3 atom stereocenters. The van der Waals surface area contributed by atoms with Gasteiger partial charge in [-0.25, -0.2) is 0 Å². The SMILES string of the molecule is CN1C(c2ccccc2)NC(c2ccccc2)NC1c1ccc(-n2c3ccccc3c3cc4c(cc32)C(C)(C)c2ccccc2-4)cc1. The van der Waals surface area contributed by atoms with E-state index in [1.807, 2.05) is 0 Å². The molecule has 9 rings (SSSR count). The van der Waals surface area contributed by atoms with Crippen molar-refractivity contribution in [1.29, 1.82) is 0 Å². The maximum Gasteiger partial charge on any atom is 0.0887 e. The average Bonchev–Trinajstić information content (AvgIpc) is 3.56. The predicted octanol–water partition coefficient (Wildman–Crippen LogP) is 9.61.